The molecule has 2 heterocycles. The molecule has 0 spiro atoms. The minimum Gasteiger partial charge on any atom is -0.467 e. The van der Waals surface area contributed by atoms with Gasteiger partial charge in [0.25, 0.3) is 0 Å². The van der Waals surface area contributed by atoms with Gasteiger partial charge in [0.05, 0.1) is 11.8 Å². The number of nitrogens with zero attached hydrogens (tertiary/aromatic N) is 1. The Hall–Kier alpha value is -0.800. The van der Waals surface area contributed by atoms with Gasteiger partial charge < -0.3 is 14.6 Å². The van der Waals surface area contributed by atoms with Crippen LogP contribution in [0.2, 0.25) is 0 Å². The minimum absolute atomic E-state index is 0.0152. The van der Waals surface area contributed by atoms with Gasteiger partial charge >= 0.3 is 0 Å². The van der Waals surface area contributed by atoms with Crippen LogP contribution in [-0.4, -0.2) is 32.1 Å². The summed E-state index contributed by atoms with van der Waals surface area (Å²) in [4.78, 5) is 2.21. The summed E-state index contributed by atoms with van der Waals surface area (Å²) in [5.74, 6) is 1.13. The van der Waals surface area contributed by atoms with Gasteiger partial charge in [-0.25, -0.2) is 0 Å². The Morgan fingerprint density at radius 3 is 3.07 bits per heavy atom. The van der Waals surface area contributed by atoms with E-state index in [1.165, 1.54) is 5.56 Å². The van der Waals surface area contributed by atoms with Gasteiger partial charge in [-0.05, 0) is 52.0 Å². The Labute approximate surface area is 91.4 Å². The zero-order valence-corrected chi connectivity index (χ0v) is 9.84. The first-order valence-corrected chi connectivity index (χ1v) is 5.58. The lowest BCUT2D eigenvalue weighted by Crippen LogP contribution is -2.46. The highest BCUT2D eigenvalue weighted by Gasteiger charge is 2.34. The maximum absolute atomic E-state index is 5.62. The summed E-state index contributed by atoms with van der Waals surface area (Å²) in [6.07, 6.45) is 3.98. The van der Waals surface area contributed by atoms with Gasteiger partial charge in [-0.3, -0.25) is 0 Å². The Balaban J connectivity index is 2.16. The quantitative estimate of drug-likeness (QED) is 0.817. The molecule has 0 bridgehead atoms. The van der Waals surface area contributed by atoms with E-state index < -0.39 is 0 Å². The summed E-state index contributed by atoms with van der Waals surface area (Å²) in [6, 6.07) is 2.10. The van der Waals surface area contributed by atoms with E-state index in [-0.39, 0.29) is 5.54 Å². The van der Waals surface area contributed by atoms with Crippen LogP contribution in [0.5, 0.6) is 0 Å². The number of fused-ring (bicyclic) bond motifs is 1. The Kier molecular flexibility index (Phi) is 2.85. The van der Waals surface area contributed by atoms with Crippen molar-refractivity contribution < 1.29 is 4.42 Å². The van der Waals surface area contributed by atoms with Crippen molar-refractivity contribution in [1.82, 2.24) is 10.2 Å². The number of hydrogen-bond donors (Lipinski definition) is 1. The van der Waals surface area contributed by atoms with Crippen LogP contribution in [0.15, 0.2) is 16.7 Å². The second-order valence-electron chi connectivity index (χ2n) is 4.84. The molecule has 0 saturated heterocycles. The van der Waals surface area contributed by atoms with E-state index >= 15 is 0 Å². The summed E-state index contributed by atoms with van der Waals surface area (Å²) < 4.78 is 5.62. The summed E-state index contributed by atoms with van der Waals surface area (Å²) in [7, 11) is 4.21. The summed E-state index contributed by atoms with van der Waals surface area (Å²) in [5.41, 5.74) is 1.39. The van der Waals surface area contributed by atoms with Crippen LogP contribution >= 0.6 is 0 Å². The highest BCUT2D eigenvalue weighted by molar-refractivity contribution is 5.27. The van der Waals surface area contributed by atoms with E-state index in [0.29, 0.717) is 0 Å². The molecule has 0 saturated carbocycles. The van der Waals surface area contributed by atoms with E-state index in [9.17, 15) is 0 Å². The van der Waals surface area contributed by atoms with Crippen LogP contribution in [-0.2, 0) is 12.0 Å². The van der Waals surface area contributed by atoms with Crippen molar-refractivity contribution in [2.45, 2.75) is 25.3 Å². The number of hydrogen-bond acceptors (Lipinski definition) is 3. The molecule has 15 heavy (non-hydrogen) atoms. The van der Waals surface area contributed by atoms with E-state index in [0.717, 1.165) is 31.7 Å². The van der Waals surface area contributed by atoms with Crippen molar-refractivity contribution in [2.24, 2.45) is 0 Å². The SMILES string of the molecule is CN(C)CCC1(C)NCCc2ccoc21. The van der Waals surface area contributed by atoms with E-state index in [2.05, 4.69) is 37.3 Å². The highest BCUT2D eigenvalue weighted by Crippen LogP contribution is 2.31. The van der Waals surface area contributed by atoms with Gasteiger partial charge in [0, 0.05) is 6.54 Å². The van der Waals surface area contributed by atoms with E-state index in [4.69, 9.17) is 4.42 Å². The lowest BCUT2D eigenvalue weighted by Gasteiger charge is -2.34. The van der Waals surface area contributed by atoms with E-state index in [1.54, 1.807) is 0 Å². The Morgan fingerprint density at radius 2 is 2.33 bits per heavy atom. The lowest BCUT2D eigenvalue weighted by molar-refractivity contribution is 0.231. The van der Waals surface area contributed by atoms with Crippen LogP contribution < -0.4 is 5.32 Å². The topological polar surface area (TPSA) is 28.4 Å². The molecule has 1 aliphatic rings. The first kappa shape index (κ1) is 10.7. The predicted octanol–water partition coefficient (Wildman–Crippen LogP) is 1.59. The fraction of sp³-hybridized carbons (Fsp3) is 0.667. The molecule has 0 aliphatic carbocycles. The molecule has 84 valence electrons. The van der Waals surface area contributed by atoms with Crippen molar-refractivity contribution in [3.63, 3.8) is 0 Å². The average molecular weight is 208 g/mol. The second kappa shape index (κ2) is 3.99. The zero-order valence-electron chi connectivity index (χ0n) is 9.84. The monoisotopic (exact) mass is 208 g/mol. The molecule has 0 radical (unpaired) electrons. The number of furan rings is 1. The lowest BCUT2D eigenvalue weighted by atomic mass is 9.87. The molecule has 2 rings (SSSR count). The molecule has 0 aromatic carbocycles. The minimum atomic E-state index is 0.0152. The van der Waals surface area contributed by atoms with Crippen molar-refractivity contribution in [1.29, 1.82) is 0 Å². The molecule has 1 aliphatic heterocycles. The standard InChI is InChI=1S/C12H20N2O/c1-12(6-8-14(2)3)11-10(4-7-13-12)5-9-15-11/h5,9,13H,4,6-8H2,1-3H3. The van der Waals surface area contributed by atoms with Gasteiger partial charge in [0.2, 0.25) is 0 Å². The van der Waals surface area contributed by atoms with Gasteiger partial charge in [-0.15, -0.1) is 0 Å². The highest BCUT2D eigenvalue weighted by atomic mass is 16.3. The Morgan fingerprint density at radius 1 is 1.53 bits per heavy atom. The van der Waals surface area contributed by atoms with Gasteiger partial charge in [0.1, 0.15) is 5.76 Å². The zero-order chi connectivity index (χ0) is 10.9. The molecule has 3 heteroatoms. The predicted molar refractivity (Wildman–Crippen MR) is 60.9 cm³/mol. The largest absolute Gasteiger partial charge is 0.467 e. The maximum atomic E-state index is 5.62. The third-order valence-electron chi connectivity index (χ3n) is 3.22. The summed E-state index contributed by atoms with van der Waals surface area (Å²) in [6.45, 7) is 4.36. The molecule has 0 amide bonds. The molecule has 3 nitrogen and oxygen atoms in total. The van der Waals surface area contributed by atoms with Crippen LogP contribution in [0.3, 0.4) is 0 Å². The second-order valence-corrected chi connectivity index (χ2v) is 4.84. The van der Waals surface area contributed by atoms with Crippen molar-refractivity contribution in [3.8, 4) is 0 Å². The summed E-state index contributed by atoms with van der Waals surface area (Å²) >= 11 is 0. The third kappa shape index (κ3) is 2.08. The van der Waals surface area contributed by atoms with Crippen molar-refractivity contribution >= 4 is 0 Å². The van der Waals surface area contributed by atoms with Gasteiger partial charge in [-0.2, -0.15) is 0 Å². The molecular weight excluding hydrogens is 188 g/mol. The van der Waals surface area contributed by atoms with E-state index in [1.807, 2.05) is 6.26 Å². The molecule has 1 aromatic rings. The third-order valence-corrected chi connectivity index (χ3v) is 3.22. The van der Waals surface area contributed by atoms with Gasteiger partial charge in [0.15, 0.2) is 0 Å². The van der Waals surface area contributed by atoms with Gasteiger partial charge in [-0.1, -0.05) is 0 Å². The van der Waals surface area contributed by atoms with Crippen LogP contribution in [0.4, 0.5) is 0 Å². The molecule has 0 fully saturated rings. The number of nitrogens with one attached hydrogen (secondary N) is 1. The average Bonchev–Trinajstić information content (AvgIpc) is 2.65. The molecule has 1 N–H and O–H groups in total. The number of rotatable bonds is 3. The normalized spacial score (nSPS) is 25.6. The van der Waals surface area contributed by atoms with Crippen LogP contribution in [0.25, 0.3) is 0 Å². The summed E-state index contributed by atoms with van der Waals surface area (Å²) in [5, 5.41) is 3.57. The van der Waals surface area contributed by atoms with Crippen LogP contribution in [0.1, 0.15) is 24.7 Å². The smallest absolute Gasteiger partial charge is 0.126 e. The van der Waals surface area contributed by atoms with Crippen molar-refractivity contribution in [3.05, 3.63) is 23.7 Å². The maximum Gasteiger partial charge on any atom is 0.126 e. The molecule has 1 atom stereocenters. The first-order valence-electron chi connectivity index (χ1n) is 5.58. The first-order chi connectivity index (χ1) is 7.12. The fourth-order valence-electron chi connectivity index (χ4n) is 2.22. The molecule has 1 unspecified atom stereocenters. The fourth-order valence-corrected chi connectivity index (χ4v) is 2.22. The van der Waals surface area contributed by atoms with Crippen molar-refractivity contribution in [2.75, 3.05) is 27.2 Å². The molecular formula is C12H20N2O. The Bertz CT molecular complexity index is 332. The van der Waals surface area contributed by atoms with Crippen LogP contribution in [0, 0.1) is 0 Å². The molecule has 1 aromatic heterocycles.